The van der Waals surface area contributed by atoms with Crippen molar-refractivity contribution in [3.63, 3.8) is 0 Å². The number of aromatic nitrogens is 5. The first-order chi connectivity index (χ1) is 9.15. The predicted octanol–water partition coefficient (Wildman–Crippen LogP) is 0.882. The van der Waals surface area contributed by atoms with Gasteiger partial charge >= 0.3 is 0 Å². The van der Waals surface area contributed by atoms with Crippen molar-refractivity contribution in [2.75, 3.05) is 0 Å². The molecule has 0 saturated heterocycles. The van der Waals surface area contributed by atoms with Gasteiger partial charge in [-0.05, 0) is 24.1 Å². The van der Waals surface area contributed by atoms with E-state index in [1.54, 1.807) is 41.2 Å². The van der Waals surface area contributed by atoms with Crippen LogP contribution in [0.15, 0.2) is 35.8 Å². The Morgan fingerprint density at radius 3 is 3.00 bits per heavy atom. The van der Waals surface area contributed by atoms with E-state index in [2.05, 4.69) is 15.1 Å². The van der Waals surface area contributed by atoms with E-state index in [0.717, 1.165) is 11.1 Å². The number of fused-ring (bicyclic) bond motifs is 1. The lowest BCUT2D eigenvalue weighted by Crippen LogP contribution is -2.21. The molecule has 96 valence electrons. The van der Waals surface area contributed by atoms with Crippen molar-refractivity contribution in [2.45, 2.75) is 13.5 Å². The number of hydrogen-bond acceptors (Lipinski definition) is 4. The minimum absolute atomic E-state index is 0.123. The first-order valence-electron chi connectivity index (χ1n) is 5.93. The lowest BCUT2D eigenvalue weighted by atomic mass is 10.1. The summed E-state index contributed by atoms with van der Waals surface area (Å²) in [7, 11) is 1.78. The molecule has 0 aromatic carbocycles. The Balaban J connectivity index is 2.09. The molecule has 0 fully saturated rings. The Bertz CT molecular complexity index is 802. The van der Waals surface area contributed by atoms with Gasteiger partial charge in [0, 0.05) is 19.4 Å². The fourth-order valence-corrected chi connectivity index (χ4v) is 2.02. The Morgan fingerprint density at radius 2 is 2.21 bits per heavy atom. The monoisotopic (exact) mass is 255 g/mol. The molecule has 3 heterocycles. The van der Waals surface area contributed by atoms with Gasteiger partial charge in [-0.25, -0.2) is 4.98 Å². The summed E-state index contributed by atoms with van der Waals surface area (Å²) in [5, 5.41) is 4.15. The number of aryl methyl sites for hydroxylation is 2. The van der Waals surface area contributed by atoms with Crippen molar-refractivity contribution in [3.05, 3.63) is 52.5 Å². The van der Waals surface area contributed by atoms with Crippen LogP contribution >= 0.6 is 0 Å². The molecule has 0 aliphatic carbocycles. The van der Waals surface area contributed by atoms with E-state index in [0.29, 0.717) is 17.6 Å². The Morgan fingerprint density at radius 1 is 1.37 bits per heavy atom. The van der Waals surface area contributed by atoms with Crippen LogP contribution in [0.2, 0.25) is 0 Å². The fraction of sp³-hybridized carbons (Fsp3) is 0.231. The van der Waals surface area contributed by atoms with Gasteiger partial charge in [0.2, 0.25) is 0 Å². The molecule has 0 aliphatic heterocycles. The van der Waals surface area contributed by atoms with E-state index < -0.39 is 0 Å². The van der Waals surface area contributed by atoms with Crippen LogP contribution in [-0.2, 0) is 13.6 Å². The Labute approximate surface area is 109 Å². The second-order valence-corrected chi connectivity index (χ2v) is 4.52. The maximum Gasteiger partial charge on any atom is 0.282 e. The molecule has 0 bridgehead atoms. The molecule has 0 amide bonds. The van der Waals surface area contributed by atoms with Crippen LogP contribution in [0.25, 0.3) is 11.0 Å². The molecule has 0 N–H and O–H groups in total. The summed E-state index contributed by atoms with van der Waals surface area (Å²) in [5.74, 6) is 0. The smallest absolute Gasteiger partial charge is 0.282 e. The van der Waals surface area contributed by atoms with Gasteiger partial charge in [0.25, 0.3) is 5.56 Å². The summed E-state index contributed by atoms with van der Waals surface area (Å²) in [6.07, 6.45) is 6.80. The average Bonchev–Trinajstić information content (AvgIpc) is 2.77. The second kappa shape index (κ2) is 4.31. The van der Waals surface area contributed by atoms with Crippen LogP contribution in [0.4, 0.5) is 0 Å². The van der Waals surface area contributed by atoms with Crippen LogP contribution < -0.4 is 5.56 Å². The van der Waals surface area contributed by atoms with E-state index in [9.17, 15) is 4.79 Å². The number of nitrogens with zero attached hydrogens (tertiary/aromatic N) is 5. The molecule has 0 radical (unpaired) electrons. The first-order valence-corrected chi connectivity index (χ1v) is 5.93. The summed E-state index contributed by atoms with van der Waals surface area (Å²) < 4.78 is 3.17. The summed E-state index contributed by atoms with van der Waals surface area (Å²) >= 11 is 0. The zero-order valence-electron chi connectivity index (χ0n) is 10.7. The van der Waals surface area contributed by atoms with Gasteiger partial charge < -0.3 is 0 Å². The Hall–Kier alpha value is -2.50. The standard InChI is InChI=1S/C13H13N5O/c1-9-5-14-4-3-10(9)6-18-8-15-11-7-17(2)16-12(11)13(18)19/h3-5,7-8H,6H2,1-2H3. The number of hydrogen-bond donors (Lipinski definition) is 0. The predicted molar refractivity (Wildman–Crippen MR) is 70.8 cm³/mol. The summed E-state index contributed by atoms with van der Waals surface area (Å²) in [6, 6.07) is 1.91. The fourth-order valence-electron chi connectivity index (χ4n) is 2.02. The second-order valence-electron chi connectivity index (χ2n) is 4.52. The highest BCUT2D eigenvalue weighted by atomic mass is 16.1. The van der Waals surface area contributed by atoms with Gasteiger partial charge in [0.15, 0.2) is 5.52 Å². The topological polar surface area (TPSA) is 65.6 Å². The Kier molecular flexibility index (Phi) is 2.63. The third kappa shape index (κ3) is 2.01. The van der Waals surface area contributed by atoms with Crippen molar-refractivity contribution >= 4 is 11.0 Å². The molecular formula is C13H13N5O. The lowest BCUT2D eigenvalue weighted by molar-refractivity contribution is 0.735. The van der Waals surface area contributed by atoms with Gasteiger partial charge in [-0.15, -0.1) is 0 Å². The van der Waals surface area contributed by atoms with Gasteiger partial charge in [-0.3, -0.25) is 19.0 Å². The van der Waals surface area contributed by atoms with E-state index in [-0.39, 0.29) is 5.56 Å². The van der Waals surface area contributed by atoms with Gasteiger partial charge in [-0.2, -0.15) is 5.10 Å². The highest BCUT2D eigenvalue weighted by molar-refractivity contribution is 5.71. The first kappa shape index (κ1) is 11.6. The molecule has 3 rings (SSSR count). The molecular weight excluding hydrogens is 242 g/mol. The maximum absolute atomic E-state index is 12.3. The molecule has 3 aromatic rings. The zero-order valence-corrected chi connectivity index (χ0v) is 10.7. The normalized spacial score (nSPS) is 11.1. The van der Waals surface area contributed by atoms with Crippen molar-refractivity contribution in [3.8, 4) is 0 Å². The summed E-state index contributed by atoms with van der Waals surface area (Å²) in [4.78, 5) is 20.6. The van der Waals surface area contributed by atoms with Crippen LogP contribution in [0.1, 0.15) is 11.1 Å². The van der Waals surface area contributed by atoms with Crippen molar-refractivity contribution in [2.24, 2.45) is 7.05 Å². The molecule has 19 heavy (non-hydrogen) atoms. The van der Waals surface area contributed by atoms with Crippen molar-refractivity contribution in [1.29, 1.82) is 0 Å². The lowest BCUT2D eigenvalue weighted by Gasteiger charge is -2.07. The van der Waals surface area contributed by atoms with E-state index in [1.165, 1.54) is 0 Å². The minimum atomic E-state index is -0.123. The van der Waals surface area contributed by atoms with Crippen LogP contribution in [-0.4, -0.2) is 24.3 Å². The highest BCUT2D eigenvalue weighted by Gasteiger charge is 2.08. The van der Waals surface area contributed by atoms with Crippen molar-refractivity contribution < 1.29 is 0 Å². The van der Waals surface area contributed by atoms with Crippen molar-refractivity contribution in [1.82, 2.24) is 24.3 Å². The van der Waals surface area contributed by atoms with E-state index in [4.69, 9.17) is 0 Å². The molecule has 6 nitrogen and oxygen atoms in total. The van der Waals surface area contributed by atoms with Gasteiger partial charge in [0.05, 0.1) is 19.1 Å². The van der Waals surface area contributed by atoms with E-state index in [1.807, 2.05) is 13.0 Å². The van der Waals surface area contributed by atoms with Crippen LogP contribution in [0.5, 0.6) is 0 Å². The van der Waals surface area contributed by atoms with Crippen LogP contribution in [0.3, 0.4) is 0 Å². The number of pyridine rings is 1. The summed E-state index contributed by atoms with van der Waals surface area (Å²) in [6.45, 7) is 2.45. The van der Waals surface area contributed by atoms with Crippen LogP contribution in [0, 0.1) is 6.92 Å². The molecule has 0 spiro atoms. The summed E-state index contributed by atoms with van der Waals surface area (Å²) in [5.41, 5.74) is 3.00. The third-order valence-corrected chi connectivity index (χ3v) is 3.09. The molecule has 0 unspecified atom stereocenters. The minimum Gasteiger partial charge on any atom is -0.293 e. The zero-order chi connectivity index (χ0) is 13.4. The highest BCUT2D eigenvalue weighted by Crippen LogP contribution is 2.07. The molecule has 3 aromatic heterocycles. The number of rotatable bonds is 2. The van der Waals surface area contributed by atoms with E-state index >= 15 is 0 Å². The molecule has 0 saturated carbocycles. The third-order valence-electron chi connectivity index (χ3n) is 3.09. The van der Waals surface area contributed by atoms with Gasteiger partial charge in [-0.1, -0.05) is 0 Å². The maximum atomic E-state index is 12.3. The molecule has 0 atom stereocenters. The largest absolute Gasteiger partial charge is 0.293 e. The average molecular weight is 255 g/mol. The molecule has 0 aliphatic rings. The quantitative estimate of drug-likeness (QED) is 0.682. The SMILES string of the molecule is Cc1cnccc1Cn1cnc2cn(C)nc2c1=O. The molecule has 6 heteroatoms. The van der Waals surface area contributed by atoms with Gasteiger partial charge in [0.1, 0.15) is 5.52 Å².